The minimum absolute atomic E-state index is 0.776. The van der Waals surface area contributed by atoms with E-state index in [0.717, 1.165) is 44.8 Å². The largest absolute Gasteiger partial charge is 0.494 e. The van der Waals surface area contributed by atoms with Crippen molar-refractivity contribution in [3.05, 3.63) is 54.5 Å². The molecule has 23 heavy (non-hydrogen) atoms. The molecule has 0 amide bonds. The van der Waals surface area contributed by atoms with Gasteiger partial charge < -0.3 is 15.0 Å². The molecule has 4 rings (SSSR count). The van der Waals surface area contributed by atoms with Gasteiger partial charge in [-0.1, -0.05) is 12.1 Å². The number of fused-ring (bicyclic) bond motifs is 2. The highest BCUT2D eigenvalue weighted by Crippen LogP contribution is 2.32. The van der Waals surface area contributed by atoms with Crippen LogP contribution in [0.3, 0.4) is 0 Å². The minimum Gasteiger partial charge on any atom is -0.494 e. The monoisotopic (exact) mass is 304 g/mol. The number of benzene rings is 2. The van der Waals surface area contributed by atoms with Crippen molar-refractivity contribution in [1.29, 1.82) is 0 Å². The van der Waals surface area contributed by atoms with Crippen LogP contribution in [0.25, 0.3) is 21.9 Å². The molecule has 2 aromatic carbocycles. The summed E-state index contributed by atoms with van der Waals surface area (Å²) in [5, 5.41) is 4.51. The highest BCUT2D eigenvalue weighted by Gasteiger charge is 2.09. The van der Waals surface area contributed by atoms with Crippen LogP contribution in [0.5, 0.6) is 5.75 Å². The SMILES string of the molecule is COc1cccc2c(Nc3ccc4nc[nH]c4c3)cc(C)nc12. The topological polar surface area (TPSA) is 62.8 Å². The predicted octanol–water partition coefficient (Wildman–Crippen LogP) is 4.17. The number of imidazole rings is 1. The predicted molar refractivity (Wildman–Crippen MR) is 92.4 cm³/mol. The third-order valence-electron chi connectivity index (χ3n) is 3.85. The summed E-state index contributed by atoms with van der Waals surface area (Å²) in [6.45, 7) is 1.98. The van der Waals surface area contributed by atoms with Gasteiger partial charge >= 0.3 is 0 Å². The molecule has 5 nitrogen and oxygen atoms in total. The fourth-order valence-electron chi connectivity index (χ4n) is 2.79. The molecule has 0 aliphatic rings. The van der Waals surface area contributed by atoms with Crippen molar-refractivity contribution in [3.8, 4) is 5.75 Å². The average Bonchev–Trinajstić information content (AvgIpc) is 3.02. The number of ether oxygens (including phenoxy) is 1. The summed E-state index contributed by atoms with van der Waals surface area (Å²) in [5.41, 5.74) is 5.75. The highest BCUT2D eigenvalue weighted by molar-refractivity contribution is 5.97. The molecule has 5 heteroatoms. The second kappa shape index (κ2) is 5.28. The maximum atomic E-state index is 5.43. The van der Waals surface area contributed by atoms with E-state index in [1.807, 2.05) is 49.4 Å². The van der Waals surface area contributed by atoms with Gasteiger partial charge in [-0.2, -0.15) is 0 Å². The maximum absolute atomic E-state index is 5.43. The fourth-order valence-corrected chi connectivity index (χ4v) is 2.79. The van der Waals surface area contributed by atoms with Crippen molar-refractivity contribution < 1.29 is 4.74 Å². The van der Waals surface area contributed by atoms with Crippen LogP contribution in [0.1, 0.15) is 5.69 Å². The number of pyridine rings is 1. The molecule has 0 saturated heterocycles. The van der Waals surface area contributed by atoms with Crippen molar-refractivity contribution in [3.63, 3.8) is 0 Å². The second-order valence-electron chi connectivity index (χ2n) is 5.43. The third kappa shape index (κ3) is 2.36. The Labute approximate surface area is 133 Å². The van der Waals surface area contributed by atoms with E-state index in [-0.39, 0.29) is 0 Å². The maximum Gasteiger partial charge on any atom is 0.145 e. The molecule has 0 aliphatic carbocycles. The minimum atomic E-state index is 0.776. The number of H-pyrrole nitrogens is 1. The zero-order chi connectivity index (χ0) is 15.8. The zero-order valence-corrected chi connectivity index (χ0v) is 12.9. The number of nitrogens with one attached hydrogen (secondary N) is 2. The van der Waals surface area contributed by atoms with Crippen molar-refractivity contribution in [2.45, 2.75) is 6.92 Å². The first-order valence-corrected chi connectivity index (χ1v) is 7.39. The number of rotatable bonds is 3. The standard InChI is InChI=1S/C18H16N4O/c1-11-8-15(13-4-3-5-17(23-2)18(13)21-11)22-12-6-7-14-16(9-12)20-10-19-14/h3-10H,1-2H3,(H,19,20)(H,21,22). The van der Waals surface area contributed by atoms with Crippen LogP contribution in [-0.4, -0.2) is 22.1 Å². The number of nitrogens with zero attached hydrogens (tertiary/aromatic N) is 2. The van der Waals surface area contributed by atoms with Crippen LogP contribution in [0.4, 0.5) is 11.4 Å². The number of aryl methyl sites for hydroxylation is 1. The van der Waals surface area contributed by atoms with Gasteiger partial charge in [0.05, 0.1) is 24.5 Å². The number of hydrogen-bond donors (Lipinski definition) is 2. The summed E-state index contributed by atoms with van der Waals surface area (Å²) < 4.78 is 5.43. The third-order valence-corrected chi connectivity index (χ3v) is 3.85. The van der Waals surface area contributed by atoms with E-state index in [0.29, 0.717) is 0 Å². The Hall–Kier alpha value is -3.08. The van der Waals surface area contributed by atoms with E-state index in [1.165, 1.54) is 0 Å². The lowest BCUT2D eigenvalue weighted by Gasteiger charge is -2.12. The first kappa shape index (κ1) is 13.6. The Bertz CT molecular complexity index is 1010. The van der Waals surface area contributed by atoms with Crippen molar-refractivity contribution >= 4 is 33.3 Å². The normalized spacial score (nSPS) is 11.0. The van der Waals surface area contributed by atoms with E-state index in [4.69, 9.17) is 4.74 Å². The molecule has 0 bridgehead atoms. The van der Waals surface area contributed by atoms with Crippen molar-refractivity contribution in [2.24, 2.45) is 0 Å². The van der Waals surface area contributed by atoms with E-state index in [9.17, 15) is 0 Å². The van der Waals surface area contributed by atoms with Crippen LogP contribution in [0.15, 0.2) is 48.8 Å². The first-order chi connectivity index (χ1) is 11.2. The lowest BCUT2D eigenvalue weighted by atomic mass is 10.1. The summed E-state index contributed by atoms with van der Waals surface area (Å²) >= 11 is 0. The van der Waals surface area contributed by atoms with Crippen LogP contribution >= 0.6 is 0 Å². The summed E-state index contributed by atoms with van der Waals surface area (Å²) in [4.78, 5) is 12.0. The molecule has 0 radical (unpaired) electrons. The Morgan fingerprint density at radius 1 is 1.13 bits per heavy atom. The number of aromatic amines is 1. The molecular weight excluding hydrogens is 288 g/mol. The van der Waals surface area contributed by atoms with Gasteiger partial charge in [0.1, 0.15) is 11.3 Å². The molecule has 0 aliphatic heterocycles. The molecule has 0 spiro atoms. The first-order valence-electron chi connectivity index (χ1n) is 7.39. The molecule has 2 heterocycles. The van der Waals surface area contributed by atoms with Gasteiger partial charge in [-0.15, -0.1) is 0 Å². The Balaban J connectivity index is 1.84. The van der Waals surface area contributed by atoms with E-state index in [1.54, 1.807) is 13.4 Å². The molecule has 0 atom stereocenters. The Kier molecular flexibility index (Phi) is 3.12. The molecule has 0 unspecified atom stereocenters. The number of anilines is 2. The van der Waals surface area contributed by atoms with Gasteiger partial charge in [-0.25, -0.2) is 9.97 Å². The molecule has 0 saturated carbocycles. The number of aromatic nitrogens is 3. The van der Waals surface area contributed by atoms with Crippen LogP contribution in [-0.2, 0) is 0 Å². The van der Waals surface area contributed by atoms with Gasteiger partial charge in [-0.3, -0.25) is 0 Å². The van der Waals surface area contributed by atoms with Gasteiger partial charge in [-0.05, 0) is 37.3 Å². The number of para-hydroxylation sites is 1. The molecule has 114 valence electrons. The summed E-state index contributed by atoms with van der Waals surface area (Å²) in [6, 6.07) is 14.0. The van der Waals surface area contributed by atoms with Gasteiger partial charge in [0.2, 0.25) is 0 Å². The zero-order valence-electron chi connectivity index (χ0n) is 12.9. The number of methoxy groups -OCH3 is 1. The summed E-state index contributed by atoms with van der Waals surface area (Å²) in [7, 11) is 1.66. The second-order valence-corrected chi connectivity index (χ2v) is 5.43. The molecule has 2 aromatic heterocycles. The lowest BCUT2D eigenvalue weighted by Crippen LogP contribution is -1.96. The molecule has 4 aromatic rings. The highest BCUT2D eigenvalue weighted by atomic mass is 16.5. The number of hydrogen-bond acceptors (Lipinski definition) is 4. The Morgan fingerprint density at radius 3 is 2.91 bits per heavy atom. The van der Waals surface area contributed by atoms with Crippen molar-refractivity contribution in [2.75, 3.05) is 12.4 Å². The Morgan fingerprint density at radius 2 is 2.04 bits per heavy atom. The van der Waals surface area contributed by atoms with Crippen LogP contribution in [0, 0.1) is 6.92 Å². The van der Waals surface area contributed by atoms with Crippen LogP contribution < -0.4 is 10.1 Å². The van der Waals surface area contributed by atoms with E-state index in [2.05, 4.69) is 20.3 Å². The van der Waals surface area contributed by atoms with Gasteiger partial charge in [0.15, 0.2) is 0 Å². The van der Waals surface area contributed by atoms with Crippen LogP contribution in [0.2, 0.25) is 0 Å². The van der Waals surface area contributed by atoms with Gasteiger partial charge in [0, 0.05) is 22.5 Å². The molecule has 0 fully saturated rings. The summed E-state index contributed by atoms with van der Waals surface area (Å²) in [6.07, 6.45) is 1.70. The van der Waals surface area contributed by atoms with E-state index < -0.39 is 0 Å². The smallest absolute Gasteiger partial charge is 0.145 e. The fraction of sp³-hybridized carbons (Fsp3) is 0.111. The average molecular weight is 304 g/mol. The van der Waals surface area contributed by atoms with Crippen molar-refractivity contribution in [1.82, 2.24) is 15.0 Å². The van der Waals surface area contributed by atoms with Gasteiger partial charge in [0.25, 0.3) is 0 Å². The quantitative estimate of drug-likeness (QED) is 0.596. The van der Waals surface area contributed by atoms with E-state index >= 15 is 0 Å². The lowest BCUT2D eigenvalue weighted by molar-refractivity contribution is 0.419. The molecule has 2 N–H and O–H groups in total. The molecular formula is C18H16N4O. The summed E-state index contributed by atoms with van der Waals surface area (Å²) in [5.74, 6) is 0.776.